The summed E-state index contributed by atoms with van der Waals surface area (Å²) in [5, 5.41) is 22.1. The second-order valence-electron chi connectivity index (χ2n) is 6.58. The zero-order valence-corrected chi connectivity index (χ0v) is 14.8. The lowest BCUT2D eigenvalue weighted by atomic mass is 10.1. The van der Waals surface area contributed by atoms with Gasteiger partial charge in [0.25, 0.3) is 5.91 Å². The standard InChI is InChI=1S/C19H22N4O3/c1-12(11-24)22-19(25)17-10-23(9-13(2)26-17)16-6-5-14(8-20)18-15(16)4-3-7-21-18/h3-7,12-13,17,24H,9-11H2,1-2H3,(H,22,25)/t12-,13-,17-/m1/s1. The number of ether oxygens (including phenoxy) is 1. The first-order valence-corrected chi connectivity index (χ1v) is 8.63. The van der Waals surface area contributed by atoms with Gasteiger partial charge in [-0.3, -0.25) is 9.78 Å². The van der Waals surface area contributed by atoms with Crippen molar-refractivity contribution in [2.75, 3.05) is 24.6 Å². The second kappa shape index (κ2) is 7.68. The highest BCUT2D eigenvalue weighted by molar-refractivity contribution is 5.95. The number of hydrogen-bond acceptors (Lipinski definition) is 6. The molecule has 2 heterocycles. The van der Waals surface area contributed by atoms with Crippen molar-refractivity contribution in [1.82, 2.24) is 10.3 Å². The summed E-state index contributed by atoms with van der Waals surface area (Å²) in [5.74, 6) is -0.237. The van der Waals surface area contributed by atoms with E-state index in [1.165, 1.54) is 0 Å². The van der Waals surface area contributed by atoms with Gasteiger partial charge in [-0.25, -0.2) is 0 Å². The van der Waals surface area contributed by atoms with E-state index in [0.717, 1.165) is 11.1 Å². The first kappa shape index (κ1) is 18.1. The van der Waals surface area contributed by atoms with E-state index in [4.69, 9.17) is 9.84 Å². The summed E-state index contributed by atoms with van der Waals surface area (Å²) in [6, 6.07) is 9.27. The van der Waals surface area contributed by atoms with Crippen molar-refractivity contribution < 1.29 is 14.6 Å². The average molecular weight is 354 g/mol. The predicted molar refractivity (Wildman–Crippen MR) is 97.7 cm³/mol. The van der Waals surface area contributed by atoms with Crippen LogP contribution >= 0.6 is 0 Å². The Morgan fingerprint density at radius 3 is 3.04 bits per heavy atom. The Kier molecular flexibility index (Phi) is 5.35. The molecule has 0 unspecified atom stereocenters. The number of aliphatic hydroxyl groups is 1. The van der Waals surface area contributed by atoms with Gasteiger partial charge in [0.15, 0.2) is 6.10 Å². The van der Waals surface area contributed by atoms with Gasteiger partial charge in [0.1, 0.15) is 6.07 Å². The number of benzene rings is 1. The molecule has 0 aliphatic carbocycles. The summed E-state index contributed by atoms with van der Waals surface area (Å²) in [6.07, 6.45) is 0.905. The lowest BCUT2D eigenvalue weighted by Crippen LogP contribution is -2.54. The number of aromatic nitrogens is 1. The number of nitrogens with zero attached hydrogens (tertiary/aromatic N) is 3. The quantitative estimate of drug-likeness (QED) is 0.856. The molecule has 3 rings (SSSR count). The number of morpholine rings is 1. The van der Waals surface area contributed by atoms with Crippen LogP contribution in [0.2, 0.25) is 0 Å². The summed E-state index contributed by atoms with van der Waals surface area (Å²) in [6.45, 7) is 4.57. The van der Waals surface area contributed by atoms with E-state index in [2.05, 4.69) is 21.3 Å². The Hall–Kier alpha value is -2.69. The zero-order chi connectivity index (χ0) is 18.7. The van der Waals surface area contributed by atoms with Crippen LogP contribution in [0, 0.1) is 11.3 Å². The summed E-state index contributed by atoms with van der Waals surface area (Å²) in [7, 11) is 0. The molecule has 7 nitrogen and oxygen atoms in total. The molecule has 1 amide bonds. The topological polar surface area (TPSA) is 98.5 Å². The molecule has 0 spiro atoms. The molecule has 0 radical (unpaired) electrons. The van der Waals surface area contributed by atoms with Crippen molar-refractivity contribution in [3.63, 3.8) is 0 Å². The maximum Gasteiger partial charge on any atom is 0.251 e. The fourth-order valence-corrected chi connectivity index (χ4v) is 3.20. The lowest BCUT2D eigenvalue weighted by Gasteiger charge is -2.38. The Morgan fingerprint density at radius 2 is 2.31 bits per heavy atom. The molecule has 1 aliphatic heterocycles. The van der Waals surface area contributed by atoms with Crippen molar-refractivity contribution in [3.05, 3.63) is 36.0 Å². The minimum atomic E-state index is -0.630. The molecule has 2 N–H and O–H groups in total. The first-order chi connectivity index (χ1) is 12.5. The summed E-state index contributed by atoms with van der Waals surface area (Å²) < 4.78 is 5.80. The van der Waals surface area contributed by atoms with Crippen LogP contribution in [0.4, 0.5) is 5.69 Å². The van der Waals surface area contributed by atoms with Crippen molar-refractivity contribution in [1.29, 1.82) is 5.26 Å². The Balaban J connectivity index is 1.91. The Labute approximate surface area is 152 Å². The van der Waals surface area contributed by atoms with Crippen LogP contribution in [-0.4, -0.2) is 53.9 Å². The SMILES string of the molecule is C[C@H](CO)NC(=O)[C@H]1CN(c2ccc(C#N)c3ncccc23)C[C@@H](C)O1. The highest BCUT2D eigenvalue weighted by Gasteiger charge is 2.31. The number of nitriles is 1. The average Bonchev–Trinajstić information content (AvgIpc) is 2.66. The van der Waals surface area contributed by atoms with Crippen LogP contribution in [0.25, 0.3) is 10.9 Å². The molecule has 1 fully saturated rings. The van der Waals surface area contributed by atoms with Gasteiger partial charge >= 0.3 is 0 Å². The van der Waals surface area contributed by atoms with E-state index in [1.54, 1.807) is 19.2 Å². The third kappa shape index (κ3) is 3.62. The molecule has 1 aliphatic rings. The molecule has 1 aromatic heterocycles. The van der Waals surface area contributed by atoms with Crippen LogP contribution in [0.3, 0.4) is 0 Å². The van der Waals surface area contributed by atoms with E-state index in [9.17, 15) is 10.1 Å². The monoisotopic (exact) mass is 354 g/mol. The number of carbonyl (C=O) groups is 1. The third-order valence-electron chi connectivity index (χ3n) is 4.42. The molecular weight excluding hydrogens is 332 g/mol. The molecule has 1 saturated heterocycles. The zero-order valence-electron chi connectivity index (χ0n) is 14.8. The first-order valence-electron chi connectivity index (χ1n) is 8.63. The Morgan fingerprint density at radius 1 is 1.50 bits per heavy atom. The minimum absolute atomic E-state index is 0.121. The van der Waals surface area contributed by atoms with Crippen LogP contribution in [0.15, 0.2) is 30.5 Å². The van der Waals surface area contributed by atoms with Gasteiger partial charge in [-0.1, -0.05) is 0 Å². The molecule has 0 saturated carbocycles. The van der Waals surface area contributed by atoms with Crippen molar-refractivity contribution in [2.45, 2.75) is 32.1 Å². The predicted octanol–water partition coefficient (Wildman–Crippen LogP) is 1.20. The van der Waals surface area contributed by atoms with E-state index in [0.29, 0.717) is 24.2 Å². The van der Waals surface area contributed by atoms with Gasteiger partial charge < -0.3 is 20.1 Å². The number of hydrogen-bond donors (Lipinski definition) is 2. The maximum atomic E-state index is 12.4. The fourth-order valence-electron chi connectivity index (χ4n) is 3.20. The highest BCUT2D eigenvalue weighted by atomic mass is 16.5. The van der Waals surface area contributed by atoms with E-state index < -0.39 is 6.10 Å². The maximum absolute atomic E-state index is 12.4. The number of anilines is 1. The summed E-state index contributed by atoms with van der Waals surface area (Å²) in [4.78, 5) is 18.9. The number of amides is 1. The van der Waals surface area contributed by atoms with E-state index in [1.807, 2.05) is 25.1 Å². The van der Waals surface area contributed by atoms with Crippen molar-refractivity contribution in [2.24, 2.45) is 0 Å². The van der Waals surface area contributed by atoms with Gasteiger partial charge in [0, 0.05) is 29.9 Å². The van der Waals surface area contributed by atoms with Crippen LogP contribution in [0.1, 0.15) is 19.4 Å². The number of rotatable bonds is 4. The summed E-state index contributed by atoms with van der Waals surface area (Å²) in [5.41, 5.74) is 2.11. The normalized spacial score (nSPS) is 21.2. The molecule has 26 heavy (non-hydrogen) atoms. The van der Waals surface area contributed by atoms with Gasteiger partial charge in [-0.2, -0.15) is 5.26 Å². The van der Waals surface area contributed by atoms with Gasteiger partial charge in [-0.05, 0) is 38.1 Å². The molecular formula is C19H22N4O3. The van der Waals surface area contributed by atoms with Crippen LogP contribution in [0.5, 0.6) is 0 Å². The highest BCUT2D eigenvalue weighted by Crippen LogP contribution is 2.30. The Bertz CT molecular complexity index is 848. The third-order valence-corrected chi connectivity index (χ3v) is 4.42. The minimum Gasteiger partial charge on any atom is -0.394 e. The van der Waals surface area contributed by atoms with Crippen molar-refractivity contribution in [3.8, 4) is 6.07 Å². The smallest absolute Gasteiger partial charge is 0.251 e. The van der Waals surface area contributed by atoms with Gasteiger partial charge in [0.05, 0.1) is 30.3 Å². The fraction of sp³-hybridized carbons (Fsp3) is 0.421. The number of pyridine rings is 1. The molecule has 2 aromatic rings. The molecule has 136 valence electrons. The van der Waals surface area contributed by atoms with Crippen LogP contribution in [-0.2, 0) is 9.53 Å². The summed E-state index contributed by atoms with van der Waals surface area (Å²) >= 11 is 0. The number of aliphatic hydroxyl groups excluding tert-OH is 1. The second-order valence-corrected chi connectivity index (χ2v) is 6.58. The lowest BCUT2D eigenvalue weighted by molar-refractivity contribution is -0.138. The number of nitrogens with one attached hydrogen (secondary N) is 1. The van der Waals surface area contributed by atoms with Crippen molar-refractivity contribution >= 4 is 22.5 Å². The van der Waals surface area contributed by atoms with E-state index in [-0.39, 0.29) is 24.7 Å². The van der Waals surface area contributed by atoms with Gasteiger partial charge in [0.2, 0.25) is 0 Å². The molecule has 0 bridgehead atoms. The van der Waals surface area contributed by atoms with Crippen LogP contribution < -0.4 is 10.2 Å². The number of carbonyl (C=O) groups excluding carboxylic acids is 1. The largest absolute Gasteiger partial charge is 0.394 e. The number of fused-ring (bicyclic) bond motifs is 1. The molecule has 1 aromatic carbocycles. The molecule has 3 atom stereocenters. The molecule has 7 heteroatoms. The van der Waals surface area contributed by atoms with E-state index >= 15 is 0 Å². The van der Waals surface area contributed by atoms with Gasteiger partial charge in [-0.15, -0.1) is 0 Å².